The fourth-order valence-electron chi connectivity index (χ4n) is 2.87. The maximum absolute atomic E-state index is 9.69. The second-order valence-corrected chi connectivity index (χ2v) is 5.85. The number of ether oxygens (including phenoxy) is 1. The zero-order valence-electron chi connectivity index (χ0n) is 14.1. The Morgan fingerprint density at radius 2 is 1.75 bits per heavy atom. The van der Waals surface area contributed by atoms with E-state index >= 15 is 0 Å². The average Bonchev–Trinajstić information content (AvgIpc) is 2.63. The third-order valence-corrected chi connectivity index (χ3v) is 4.27. The Labute approximate surface area is 142 Å². The Morgan fingerprint density at radius 1 is 1.04 bits per heavy atom. The first-order valence-corrected chi connectivity index (χ1v) is 8.15. The fraction of sp³-hybridized carbons (Fsp3) is 0.316. The Morgan fingerprint density at radius 3 is 2.42 bits per heavy atom. The van der Waals surface area contributed by atoms with Gasteiger partial charge in [-0.2, -0.15) is 5.10 Å². The molecule has 5 nitrogen and oxygen atoms in total. The van der Waals surface area contributed by atoms with Gasteiger partial charge in [-0.25, -0.2) is 0 Å². The number of hydrogen-bond acceptors (Lipinski definition) is 5. The highest BCUT2D eigenvalue weighted by Gasteiger charge is 2.16. The van der Waals surface area contributed by atoms with E-state index in [0.29, 0.717) is 5.75 Å². The number of rotatable bonds is 4. The van der Waals surface area contributed by atoms with Crippen LogP contribution in [0.3, 0.4) is 0 Å². The van der Waals surface area contributed by atoms with E-state index in [1.54, 1.807) is 13.2 Å². The molecule has 0 aromatic heterocycles. The van der Waals surface area contributed by atoms with Crippen LogP contribution in [0.2, 0.25) is 0 Å². The van der Waals surface area contributed by atoms with Gasteiger partial charge in [0.2, 0.25) is 0 Å². The Bertz CT molecular complexity index is 708. The summed E-state index contributed by atoms with van der Waals surface area (Å²) >= 11 is 0. The lowest BCUT2D eigenvalue weighted by Crippen LogP contribution is -2.44. The van der Waals surface area contributed by atoms with E-state index in [-0.39, 0.29) is 5.75 Å². The molecule has 5 heteroatoms. The van der Waals surface area contributed by atoms with Gasteiger partial charge in [-0.3, -0.25) is 5.01 Å². The van der Waals surface area contributed by atoms with E-state index in [1.807, 2.05) is 25.1 Å². The summed E-state index contributed by atoms with van der Waals surface area (Å²) in [6.45, 7) is 5.68. The van der Waals surface area contributed by atoms with Crippen LogP contribution in [0.4, 0.5) is 5.69 Å². The van der Waals surface area contributed by atoms with Crippen molar-refractivity contribution < 1.29 is 9.84 Å². The summed E-state index contributed by atoms with van der Waals surface area (Å²) in [6.07, 6.45) is 0. The predicted octanol–water partition coefficient (Wildman–Crippen LogP) is 2.95. The number of phenols is 1. The number of hydrogen-bond donors (Lipinski definition) is 1. The predicted molar refractivity (Wildman–Crippen MR) is 97.1 cm³/mol. The molecule has 0 spiro atoms. The van der Waals surface area contributed by atoms with Crippen LogP contribution >= 0.6 is 0 Å². The summed E-state index contributed by atoms with van der Waals surface area (Å²) < 4.78 is 5.16. The summed E-state index contributed by atoms with van der Waals surface area (Å²) in [7, 11) is 1.55. The number of methoxy groups -OCH3 is 1. The van der Waals surface area contributed by atoms with Gasteiger partial charge in [0.25, 0.3) is 0 Å². The monoisotopic (exact) mass is 325 g/mol. The van der Waals surface area contributed by atoms with Crippen LogP contribution in [0.1, 0.15) is 12.5 Å². The van der Waals surface area contributed by atoms with Gasteiger partial charge >= 0.3 is 0 Å². The molecule has 0 unspecified atom stereocenters. The minimum atomic E-state index is 0.144. The van der Waals surface area contributed by atoms with Gasteiger partial charge in [0.15, 0.2) is 11.5 Å². The van der Waals surface area contributed by atoms with Crippen LogP contribution in [-0.4, -0.2) is 49.1 Å². The molecule has 1 heterocycles. The van der Waals surface area contributed by atoms with Crippen LogP contribution in [0.15, 0.2) is 53.6 Å². The first-order chi connectivity index (χ1) is 11.7. The highest BCUT2D eigenvalue weighted by atomic mass is 16.5. The Kier molecular flexibility index (Phi) is 4.89. The first kappa shape index (κ1) is 16.2. The minimum absolute atomic E-state index is 0.144. The maximum Gasteiger partial charge on any atom is 0.161 e. The van der Waals surface area contributed by atoms with Crippen LogP contribution in [0.5, 0.6) is 11.5 Å². The van der Waals surface area contributed by atoms with E-state index in [0.717, 1.165) is 37.5 Å². The highest BCUT2D eigenvalue weighted by molar-refractivity contribution is 5.99. The maximum atomic E-state index is 9.69. The second-order valence-electron chi connectivity index (χ2n) is 5.85. The molecule has 126 valence electrons. The smallest absolute Gasteiger partial charge is 0.161 e. The van der Waals surface area contributed by atoms with Crippen molar-refractivity contribution in [2.45, 2.75) is 6.92 Å². The van der Waals surface area contributed by atoms with Crippen LogP contribution in [0.25, 0.3) is 0 Å². The summed E-state index contributed by atoms with van der Waals surface area (Å²) in [6, 6.07) is 15.8. The van der Waals surface area contributed by atoms with Crippen molar-refractivity contribution in [3.8, 4) is 11.5 Å². The first-order valence-electron chi connectivity index (χ1n) is 8.15. The van der Waals surface area contributed by atoms with E-state index in [4.69, 9.17) is 9.84 Å². The van der Waals surface area contributed by atoms with Crippen molar-refractivity contribution in [3.63, 3.8) is 0 Å². The van der Waals surface area contributed by atoms with Crippen molar-refractivity contribution in [1.82, 2.24) is 5.01 Å². The zero-order valence-corrected chi connectivity index (χ0v) is 14.1. The van der Waals surface area contributed by atoms with Crippen molar-refractivity contribution in [1.29, 1.82) is 0 Å². The standard InChI is InChI=1S/C19H23N3O2/c1-15(16-8-9-18(23)19(14-16)24-2)20-22-12-10-21(11-13-22)17-6-4-3-5-7-17/h3-9,14,23H,10-13H2,1-2H3. The summed E-state index contributed by atoms with van der Waals surface area (Å²) in [5, 5.41) is 16.5. The number of para-hydroxylation sites is 1. The Hall–Kier alpha value is -2.69. The molecule has 24 heavy (non-hydrogen) atoms. The number of benzene rings is 2. The summed E-state index contributed by atoms with van der Waals surface area (Å²) in [5.41, 5.74) is 3.14. The SMILES string of the molecule is COc1cc(C(C)=NN2CCN(c3ccccc3)CC2)ccc1O. The molecule has 0 amide bonds. The van der Waals surface area contributed by atoms with Crippen LogP contribution < -0.4 is 9.64 Å². The minimum Gasteiger partial charge on any atom is -0.504 e. The molecule has 0 atom stereocenters. The molecule has 1 N–H and O–H groups in total. The van der Waals surface area contributed by atoms with Crippen LogP contribution in [-0.2, 0) is 0 Å². The average molecular weight is 325 g/mol. The van der Waals surface area contributed by atoms with E-state index in [9.17, 15) is 5.11 Å². The summed E-state index contributed by atoms with van der Waals surface area (Å²) in [5.74, 6) is 0.612. The number of hydrazone groups is 1. The summed E-state index contributed by atoms with van der Waals surface area (Å²) in [4.78, 5) is 2.38. The third kappa shape index (κ3) is 3.62. The van der Waals surface area contributed by atoms with Crippen molar-refractivity contribution in [2.75, 3.05) is 38.2 Å². The molecular formula is C19H23N3O2. The molecule has 0 aliphatic carbocycles. The molecule has 0 saturated carbocycles. The van der Waals surface area contributed by atoms with Gasteiger partial charge in [-0.05, 0) is 37.3 Å². The molecule has 1 saturated heterocycles. The topological polar surface area (TPSA) is 48.3 Å². The van der Waals surface area contributed by atoms with Gasteiger partial charge in [0, 0.05) is 24.3 Å². The highest BCUT2D eigenvalue weighted by Crippen LogP contribution is 2.26. The molecule has 0 radical (unpaired) electrons. The van der Waals surface area contributed by atoms with E-state index in [2.05, 4.69) is 34.2 Å². The number of anilines is 1. The Balaban J connectivity index is 1.65. The molecule has 2 aromatic carbocycles. The molecule has 1 fully saturated rings. The third-order valence-electron chi connectivity index (χ3n) is 4.27. The fourth-order valence-corrected chi connectivity index (χ4v) is 2.87. The van der Waals surface area contributed by atoms with Gasteiger partial charge in [0.1, 0.15) is 0 Å². The van der Waals surface area contributed by atoms with Gasteiger partial charge in [-0.15, -0.1) is 0 Å². The molecule has 3 rings (SSSR count). The van der Waals surface area contributed by atoms with Crippen molar-refractivity contribution in [2.24, 2.45) is 5.10 Å². The zero-order chi connectivity index (χ0) is 16.9. The molecule has 0 bridgehead atoms. The van der Waals surface area contributed by atoms with Crippen molar-refractivity contribution in [3.05, 3.63) is 54.1 Å². The van der Waals surface area contributed by atoms with E-state index in [1.165, 1.54) is 5.69 Å². The lowest BCUT2D eigenvalue weighted by atomic mass is 10.1. The number of piperazine rings is 1. The van der Waals surface area contributed by atoms with Crippen molar-refractivity contribution >= 4 is 11.4 Å². The van der Waals surface area contributed by atoms with Crippen LogP contribution in [0, 0.1) is 0 Å². The molecule has 1 aliphatic rings. The number of nitrogens with zero attached hydrogens (tertiary/aromatic N) is 3. The molecule has 2 aromatic rings. The quantitative estimate of drug-likeness (QED) is 0.878. The lowest BCUT2D eigenvalue weighted by molar-refractivity contribution is 0.270. The van der Waals surface area contributed by atoms with Gasteiger partial charge in [-0.1, -0.05) is 18.2 Å². The van der Waals surface area contributed by atoms with Gasteiger partial charge in [0.05, 0.1) is 25.9 Å². The normalized spacial score (nSPS) is 15.5. The largest absolute Gasteiger partial charge is 0.504 e. The number of aromatic hydroxyl groups is 1. The number of phenolic OH excluding ortho intramolecular Hbond substituents is 1. The lowest BCUT2D eigenvalue weighted by Gasteiger charge is -2.35. The van der Waals surface area contributed by atoms with Gasteiger partial charge < -0.3 is 14.7 Å². The molecular weight excluding hydrogens is 302 g/mol. The molecule has 1 aliphatic heterocycles. The van der Waals surface area contributed by atoms with E-state index < -0.39 is 0 Å². The second kappa shape index (κ2) is 7.25.